The zero-order valence-electron chi connectivity index (χ0n) is 8.46. The van der Waals surface area contributed by atoms with Crippen molar-refractivity contribution in [1.82, 2.24) is 14.9 Å². The van der Waals surface area contributed by atoms with Crippen molar-refractivity contribution in [2.45, 2.75) is 20.4 Å². The Bertz CT molecular complexity index is 281. The zero-order valence-corrected chi connectivity index (χ0v) is 8.46. The molecule has 1 aromatic rings. The number of aliphatic hydroxyl groups is 1. The molecule has 0 fully saturated rings. The van der Waals surface area contributed by atoms with Gasteiger partial charge in [0.25, 0.3) is 0 Å². The third kappa shape index (κ3) is 2.29. The van der Waals surface area contributed by atoms with Crippen molar-refractivity contribution in [3.8, 4) is 0 Å². The van der Waals surface area contributed by atoms with Crippen molar-refractivity contribution in [3.63, 3.8) is 0 Å². The maximum Gasteiger partial charge on any atom is 0.122 e. The van der Waals surface area contributed by atoms with Gasteiger partial charge in [-0.1, -0.05) is 0 Å². The van der Waals surface area contributed by atoms with Gasteiger partial charge in [0, 0.05) is 19.3 Å². The average Bonchev–Trinajstić information content (AvgIpc) is 2.34. The Balaban J connectivity index is 2.61. The van der Waals surface area contributed by atoms with Crippen molar-refractivity contribution < 1.29 is 5.11 Å². The van der Waals surface area contributed by atoms with Crippen LogP contribution in [0.25, 0.3) is 0 Å². The quantitative estimate of drug-likeness (QED) is 0.652. The van der Waals surface area contributed by atoms with Gasteiger partial charge in [-0.05, 0) is 13.8 Å². The van der Waals surface area contributed by atoms with Crippen LogP contribution >= 0.6 is 0 Å². The van der Waals surface area contributed by atoms with Gasteiger partial charge in [-0.2, -0.15) is 0 Å². The molecule has 1 aromatic heterocycles. The summed E-state index contributed by atoms with van der Waals surface area (Å²) in [5.74, 6) is 1.02. The third-order valence-corrected chi connectivity index (χ3v) is 2.28. The fraction of sp³-hybridized carbons (Fsp3) is 0.667. The van der Waals surface area contributed by atoms with Gasteiger partial charge >= 0.3 is 0 Å². The Hall–Kier alpha value is -0.870. The monoisotopic (exact) mass is 183 g/mol. The molecule has 13 heavy (non-hydrogen) atoms. The van der Waals surface area contributed by atoms with E-state index < -0.39 is 0 Å². The summed E-state index contributed by atoms with van der Waals surface area (Å²) in [4.78, 5) is 4.40. The minimum absolute atomic E-state index is 0.169. The standard InChI is InChI=1S/C9H17N3O/c1-7-8(2)12(3)9(11-7)6-10-4-5-13/h10,13H,4-6H2,1-3H3. The summed E-state index contributed by atoms with van der Waals surface area (Å²) in [6, 6.07) is 0. The second-order valence-electron chi connectivity index (χ2n) is 3.16. The van der Waals surface area contributed by atoms with Crippen molar-refractivity contribution in [2.75, 3.05) is 13.2 Å². The molecule has 0 spiro atoms. The Morgan fingerprint density at radius 3 is 2.62 bits per heavy atom. The van der Waals surface area contributed by atoms with Crippen LogP contribution in [0.3, 0.4) is 0 Å². The summed E-state index contributed by atoms with van der Waals surface area (Å²) < 4.78 is 2.07. The van der Waals surface area contributed by atoms with E-state index in [0.717, 1.165) is 11.5 Å². The van der Waals surface area contributed by atoms with Crippen LogP contribution in [0.15, 0.2) is 0 Å². The van der Waals surface area contributed by atoms with Gasteiger partial charge in [-0.15, -0.1) is 0 Å². The van der Waals surface area contributed by atoms with Gasteiger partial charge in [0.15, 0.2) is 0 Å². The van der Waals surface area contributed by atoms with Crippen LogP contribution in [0.1, 0.15) is 17.2 Å². The average molecular weight is 183 g/mol. The molecule has 0 radical (unpaired) electrons. The molecular weight excluding hydrogens is 166 g/mol. The van der Waals surface area contributed by atoms with Crippen LogP contribution in [0.4, 0.5) is 0 Å². The normalized spacial score (nSPS) is 10.8. The predicted octanol–water partition coefficient (Wildman–Crippen LogP) is 0.119. The molecule has 0 aliphatic heterocycles. The number of rotatable bonds is 4. The topological polar surface area (TPSA) is 50.1 Å². The van der Waals surface area contributed by atoms with Gasteiger partial charge in [-0.25, -0.2) is 4.98 Å². The lowest BCUT2D eigenvalue weighted by Gasteiger charge is -2.03. The fourth-order valence-corrected chi connectivity index (χ4v) is 1.22. The summed E-state index contributed by atoms with van der Waals surface area (Å²) in [5.41, 5.74) is 2.27. The summed E-state index contributed by atoms with van der Waals surface area (Å²) in [7, 11) is 2.01. The number of hydrogen-bond acceptors (Lipinski definition) is 3. The molecule has 0 bridgehead atoms. The third-order valence-electron chi connectivity index (χ3n) is 2.28. The number of aromatic nitrogens is 2. The molecule has 1 rings (SSSR count). The molecule has 0 aromatic carbocycles. The van der Waals surface area contributed by atoms with Gasteiger partial charge < -0.3 is 15.0 Å². The molecule has 4 heteroatoms. The van der Waals surface area contributed by atoms with E-state index >= 15 is 0 Å². The predicted molar refractivity (Wildman–Crippen MR) is 51.5 cm³/mol. The lowest BCUT2D eigenvalue weighted by Crippen LogP contribution is -2.19. The summed E-state index contributed by atoms with van der Waals surface area (Å²) >= 11 is 0. The number of nitrogens with zero attached hydrogens (tertiary/aromatic N) is 2. The number of nitrogens with one attached hydrogen (secondary N) is 1. The molecule has 2 N–H and O–H groups in total. The zero-order chi connectivity index (χ0) is 9.84. The molecule has 4 nitrogen and oxygen atoms in total. The molecule has 0 saturated heterocycles. The maximum absolute atomic E-state index is 8.58. The smallest absolute Gasteiger partial charge is 0.122 e. The highest BCUT2D eigenvalue weighted by Crippen LogP contribution is 2.06. The van der Waals surface area contributed by atoms with Crippen LogP contribution in [-0.2, 0) is 13.6 Å². The van der Waals surface area contributed by atoms with Crippen molar-refractivity contribution in [2.24, 2.45) is 7.05 Å². The molecule has 0 atom stereocenters. The number of aryl methyl sites for hydroxylation is 1. The molecule has 0 unspecified atom stereocenters. The largest absolute Gasteiger partial charge is 0.395 e. The second kappa shape index (κ2) is 4.39. The SMILES string of the molecule is Cc1nc(CNCCO)n(C)c1C. The van der Waals surface area contributed by atoms with E-state index in [0.29, 0.717) is 13.1 Å². The van der Waals surface area contributed by atoms with E-state index in [4.69, 9.17) is 5.11 Å². The van der Waals surface area contributed by atoms with Crippen molar-refractivity contribution >= 4 is 0 Å². The molecule has 0 aliphatic carbocycles. The highest BCUT2D eigenvalue weighted by molar-refractivity contribution is 5.13. The van der Waals surface area contributed by atoms with E-state index in [1.165, 1.54) is 5.69 Å². The van der Waals surface area contributed by atoms with Gasteiger partial charge in [0.1, 0.15) is 5.82 Å². The first kappa shape index (κ1) is 10.2. The van der Waals surface area contributed by atoms with Gasteiger partial charge in [0.2, 0.25) is 0 Å². The van der Waals surface area contributed by atoms with Crippen molar-refractivity contribution in [3.05, 3.63) is 17.2 Å². The van der Waals surface area contributed by atoms with Crippen molar-refractivity contribution in [1.29, 1.82) is 0 Å². The Morgan fingerprint density at radius 2 is 2.15 bits per heavy atom. The molecule has 74 valence electrons. The molecule has 0 amide bonds. The van der Waals surface area contributed by atoms with E-state index in [1.54, 1.807) is 0 Å². The Morgan fingerprint density at radius 1 is 1.46 bits per heavy atom. The van der Waals surface area contributed by atoms with E-state index in [2.05, 4.69) is 21.8 Å². The summed E-state index contributed by atoms with van der Waals surface area (Å²) in [5, 5.41) is 11.7. The Labute approximate surface area is 78.6 Å². The first-order valence-corrected chi connectivity index (χ1v) is 4.47. The van der Waals surface area contributed by atoms with Crippen LogP contribution in [0.2, 0.25) is 0 Å². The highest BCUT2D eigenvalue weighted by atomic mass is 16.3. The Kier molecular flexibility index (Phi) is 3.45. The molecule has 0 aliphatic rings. The first-order chi connectivity index (χ1) is 6.16. The summed E-state index contributed by atoms with van der Waals surface area (Å²) in [6.45, 7) is 5.56. The highest BCUT2D eigenvalue weighted by Gasteiger charge is 2.05. The summed E-state index contributed by atoms with van der Waals surface area (Å²) in [6.07, 6.45) is 0. The van der Waals surface area contributed by atoms with Crippen LogP contribution in [-0.4, -0.2) is 27.8 Å². The maximum atomic E-state index is 8.58. The number of aliphatic hydroxyl groups excluding tert-OH is 1. The van der Waals surface area contributed by atoms with Crippen LogP contribution in [0, 0.1) is 13.8 Å². The van der Waals surface area contributed by atoms with Gasteiger partial charge in [-0.3, -0.25) is 0 Å². The minimum Gasteiger partial charge on any atom is -0.395 e. The van der Waals surface area contributed by atoms with E-state index in [-0.39, 0.29) is 6.61 Å². The van der Waals surface area contributed by atoms with Crippen LogP contribution < -0.4 is 5.32 Å². The second-order valence-corrected chi connectivity index (χ2v) is 3.16. The number of hydrogen-bond donors (Lipinski definition) is 2. The molecule has 0 saturated carbocycles. The lowest BCUT2D eigenvalue weighted by atomic mass is 10.4. The van der Waals surface area contributed by atoms with Gasteiger partial charge in [0.05, 0.1) is 18.8 Å². The van der Waals surface area contributed by atoms with Crippen LogP contribution in [0.5, 0.6) is 0 Å². The van der Waals surface area contributed by atoms with E-state index in [1.807, 2.05) is 14.0 Å². The van der Waals surface area contributed by atoms with E-state index in [9.17, 15) is 0 Å². The molecular formula is C9H17N3O. The fourth-order valence-electron chi connectivity index (χ4n) is 1.22. The minimum atomic E-state index is 0.169. The molecule has 1 heterocycles. The number of imidazole rings is 1. The lowest BCUT2D eigenvalue weighted by molar-refractivity contribution is 0.291. The first-order valence-electron chi connectivity index (χ1n) is 4.47.